The molecule has 1 aliphatic heterocycles. The molecule has 0 aromatic rings. The van der Waals surface area contributed by atoms with Crippen LogP contribution in [0.2, 0.25) is 0 Å². The topological polar surface area (TPSA) is 27.7 Å². The van der Waals surface area contributed by atoms with E-state index in [4.69, 9.17) is 78.8 Å². The van der Waals surface area contributed by atoms with Crippen molar-refractivity contribution in [3.63, 3.8) is 0 Å². The van der Waals surface area contributed by atoms with Crippen LogP contribution in [0, 0.1) is 0 Å². The van der Waals surface area contributed by atoms with Crippen LogP contribution in [0.3, 0.4) is 0 Å². The quantitative estimate of drug-likeness (QED) is 0.499. The normalized spacial score (nSPS) is 34.2. The van der Waals surface area contributed by atoms with E-state index < -0.39 is 21.5 Å². The number of hydrogen-bond donors (Lipinski definition) is 0. The number of rotatable bonds is 0. The van der Waals surface area contributed by atoms with Gasteiger partial charge in [-0.3, -0.25) is 0 Å². The Morgan fingerprint density at radius 1 is 0.833 bits per heavy atom. The van der Waals surface area contributed by atoms with Gasteiger partial charge >= 0.3 is 100 Å². The summed E-state index contributed by atoms with van der Waals surface area (Å²) < 4.78 is 14.3. The first-order chi connectivity index (χ1) is 5.12. The first-order valence-electron chi connectivity index (χ1n) is 2.48. The Morgan fingerprint density at radius 2 is 1.17 bits per heavy atom. The van der Waals surface area contributed by atoms with E-state index in [0.717, 1.165) is 0 Å². The third-order valence-electron chi connectivity index (χ3n) is 0.786. The Morgan fingerprint density at radius 3 is 1.42 bits per heavy atom. The van der Waals surface area contributed by atoms with Gasteiger partial charge < -0.3 is 0 Å². The Kier molecular flexibility index (Phi) is 3.79. The molecule has 1 saturated heterocycles. The molecule has 1 fully saturated rings. The van der Waals surface area contributed by atoms with Gasteiger partial charge in [0.15, 0.2) is 0 Å². The SMILES string of the molecule is Cl[Si]1(Cl)O[Si](Cl)(Cl)O[SiH-](Cl)(Cl)O1. The summed E-state index contributed by atoms with van der Waals surface area (Å²) in [6, 6.07) is 0. The molecule has 0 unspecified atom stereocenters. The molecule has 12 heteroatoms. The summed E-state index contributed by atoms with van der Waals surface area (Å²) in [4.78, 5) is 0. The van der Waals surface area contributed by atoms with Gasteiger partial charge in [-0.05, 0) is 0 Å². The zero-order valence-electron chi connectivity index (χ0n) is 5.07. The Balaban J connectivity index is 2.81. The van der Waals surface area contributed by atoms with Crippen molar-refractivity contribution >= 4 is 88.0 Å². The van der Waals surface area contributed by atoms with E-state index in [2.05, 4.69) is 0 Å². The average Bonchev–Trinajstić information content (AvgIpc) is 1.44. The van der Waals surface area contributed by atoms with Crippen molar-refractivity contribution < 1.29 is 12.3 Å². The molecule has 3 nitrogen and oxygen atoms in total. The van der Waals surface area contributed by atoms with Crippen LogP contribution >= 0.6 is 66.5 Å². The molecule has 74 valence electrons. The molecule has 12 heavy (non-hydrogen) atoms. The van der Waals surface area contributed by atoms with Crippen molar-refractivity contribution in [3.8, 4) is 0 Å². The Labute approximate surface area is 99.6 Å². The maximum atomic E-state index is 5.58. The molecule has 0 atom stereocenters. The summed E-state index contributed by atoms with van der Waals surface area (Å²) in [6.07, 6.45) is 0. The van der Waals surface area contributed by atoms with Crippen molar-refractivity contribution in [3.05, 3.63) is 0 Å². The van der Waals surface area contributed by atoms with E-state index >= 15 is 0 Å². The third kappa shape index (κ3) is 3.79. The molecular weight excluding hydrogens is 345 g/mol. The van der Waals surface area contributed by atoms with Gasteiger partial charge in [0, 0.05) is 0 Å². The molecule has 0 N–H and O–H groups in total. The van der Waals surface area contributed by atoms with E-state index in [-0.39, 0.29) is 0 Å². The minimum atomic E-state index is -3.73. The van der Waals surface area contributed by atoms with Gasteiger partial charge in [0.1, 0.15) is 0 Å². The molecule has 1 heterocycles. The molecule has 0 aliphatic carbocycles. The first-order valence-corrected chi connectivity index (χ1v) is 14.6. The fourth-order valence-electron chi connectivity index (χ4n) is 0.530. The Bertz CT molecular complexity index is 145. The van der Waals surface area contributed by atoms with Gasteiger partial charge in [0.05, 0.1) is 0 Å². The van der Waals surface area contributed by atoms with Crippen LogP contribution in [0.4, 0.5) is 0 Å². The van der Waals surface area contributed by atoms with Crippen LogP contribution in [0.1, 0.15) is 0 Å². The van der Waals surface area contributed by atoms with E-state index in [1.807, 2.05) is 0 Å². The number of hydrogen-bond acceptors (Lipinski definition) is 3. The van der Waals surface area contributed by atoms with Crippen LogP contribution in [0.5, 0.6) is 0 Å². The molecule has 0 aromatic heterocycles. The van der Waals surface area contributed by atoms with Gasteiger partial charge in [-0.15, -0.1) is 0 Å². The van der Waals surface area contributed by atoms with Gasteiger partial charge in [-0.1, -0.05) is 0 Å². The summed E-state index contributed by atoms with van der Waals surface area (Å²) >= 11 is 33.4. The molecular formula is HCl6O3Si3-. The molecule has 0 radical (unpaired) electrons. The van der Waals surface area contributed by atoms with Crippen LogP contribution in [0.25, 0.3) is 0 Å². The Hall–Kier alpha value is 2.27. The van der Waals surface area contributed by atoms with Crippen LogP contribution in [-0.4, -0.2) is 21.5 Å². The van der Waals surface area contributed by atoms with Crippen LogP contribution < -0.4 is 0 Å². The van der Waals surface area contributed by atoms with E-state index in [0.29, 0.717) is 0 Å². The molecule has 1 rings (SSSR count). The van der Waals surface area contributed by atoms with E-state index in [9.17, 15) is 0 Å². The number of halogens is 6. The van der Waals surface area contributed by atoms with Crippen LogP contribution in [-0.2, 0) is 12.3 Å². The third-order valence-corrected chi connectivity index (χ3v) is 16.3. The second kappa shape index (κ2) is 3.69. The summed E-state index contributed by atoms with van der Waals surface area (Å²) in [7, 11) is -10.6. The fourth-order valence-corrected chi connectivity index (χ4v) is 23.7. The van der Waals surface area contributed by atoms with Gasteiger partial charge in [-0.2, -0.15) is 0 Å². The monoisotopic (exact) mass is 343 g/mol. The van der Waals surface area contributed by atoms with Gasteiger partial charge in [0.25, 0.3) is 0 Å². The standard InChI is InChI=1S/Cl6HO3Si3/c1-10(2)7-11(3,4)9-12(5,6)8-10/h10H/q-1. The zero-order valence-corrected chi connectivity index (χ0v) is 12.8. The summed E-state index contributed by atoms with van der Waals surface area (Å²) in [5, 5.41) is 0. The molecule has 0 saturated carbocycles. The van der Waals surface area contributed by atoms with E-state index in [1.165, 1.54) is 0 Å². The second-order valence-electron chi connectivity index (χ2n) is 1.80. The average molecular weight is 346 g/mol. The molecule has 0 bridgehead atoms. The van der Waals surface area contributed by atoms with Crippen molar-refractivity contribution in [2.75, 3.05) is 0 Å². The van der Waals surface area contributed by atoms with Gasteiger partial charge in [-0.25, -0.2) is 0 Å². The predicted molar refractivity (Wildman–Crippen MR) is 57.0 cm³/mol. The van der Waals surface area contributed by atoms with E-state index in [1.54, 1.807) is 0 Å². The summed E-state index contributed by atoms with van der Waals surface area (Å²) in [5.41, 5.74) is 0. The van der Waals surface area contributed by atoms with Crippen LogP contribution in [0.15, 0.2) is 0 Å². The minimum absolute atomic E-state index is 3.43. The zero-order chi connectivity index (χ0) is 9.62. The summed E-state index contributed by atoms with van der Waals surface area (Å²) in [6.45, 7) is 0. The van der Waals surface area contributed by atoms with Crippen molar-refractivity contribution in [2.24, 2.45) is 0 Å². The predicted octanol–water partition coefficient (Wildman–Crippen LogP) is 2.52. The fraction of sp³-hybridized carbons (Fsp3) is 0. The first kappa shape index (κ1) is 12.3. The van der Waals surface area contributed by atoms with Crippen molar-refractivity contribution in [2.45, 2.75) is 0 Å². The molecule has 0 spiro atoms. The van der Waals surface area contributed by atoms with Gasteiger partial charge in [0.2, 0.25) is 0 Å². The summed E-state index contributed by atoms with van der Waals surface area (Å²) in [5.74, 6) is 0. The molecule has 0 amide bonds. The molecule has 1 aliphatic rings. The van der Waals surface area contributed by atoms with Crippen molar-refractivity contribution in [1.29, 1.82) is 0 Å². The second-order valence-corrected chi connectivity index (χ2v) is 18.7. The van der Waals surface area contributed by atoms with Crippen molar-refractivity contribution in [1.82, 2.24) is 0 Å². The maximum absolute atomic E-state index is 5.58. The molecule has 0 aromatic carbocycles.